The molecule has 0 radical (unpaired) electrons. The highest BCUT2D eigenvalue weighted by Gasteiger charge is 2.27. The van der Waals surface area contributed by atoms with Gasteiger partial charge in [-0.05, 0) is 42.2 Å². The standard InChI is InChI=1S/C21H25ClN2O2/c1-14(2)19(23-20(25)18-8-6-5-7-15(18)3)21(26)24(4)13-16-9-11-17(22)12-10-16/h5-12,14,19H,13H2,1-4H3,(H,23,25). The maximum Gasteiger partial charge on any atom is 0.252 e. The summed E-state index contributed by atoms with van der Waals surface area (Å²) in [5, 5.41) is 3.56. The van der Waals surface area contributed by atoms with E-state index in [0.717, 1.165) is 11.1 Å². The predicted molar refractivity (Wildman–Crippen MR) is 105 cm³/mol. The topological polar surface area (TPSA) is 49.4 Å². The molecule has 1 unspecified atom stereocenters. The zero-order valence-electron chi connectivity index (χ0n) is 15.6. The summed E-state index contributed by atoms with van der Waals surface area (Å²) < 4.78 is 0. The van der Waals surface area contributed by atoms with Gasteiger partial charge < -0.3 is 10.2 Å². The van der Waals surface area contributed by atoms with Gasteiger partial charge in [0.15, 0.2) is 0 Å². The number of aryl methyl sites for hydroxylation is 1. The van der Waals surface area contributed by atoms with Crippen LogP contribution in [0.15, 0.2) is 48.5 Å². The molecule has 1 N–H and O–H groups in total. The summed E-state index contributed by atoms with van der Waals surface area (Å²) >= 11 is 5.90. The molecule has 0 fully saturated rings. The van der Waals surface area contributed by atoms with Gasteiger partial charge in [-0.1, -0.05) is 55.8 Å². The van der Waals surface area contributed by atoms with Crippen LogP contribution in [-0.4, -0.2) is 29.8 Å². The van der Waals surface area contributed by atoms with Gasteiger partial charge in [0.05, 0.1) is 0 Å². The summed E-state index contributed by atoms with van der Waals surface area (Å²) in [6.07, 6.45) is 0. The second-order valence-electron chi connectivity index (χ2n) is 6.83. The van der Waals surface area contributed by atoms with Crippen LogP contribution >= 0.6 is 11.6 Å². The molecule has 0 aliphatic carbocycles. The van der Waals surface area contributed by atoms with E-state index in [1.165, 1.54) is 0 Å². The number of benzene rings is 2. The first-order chi connectivity index (χ1) is 12.3. The number of carbonyl (C=O) groups excluding carboxylic acids is 2. The molecule has 4 nitrogen and oxygen atoms in total. The molecular weight excluding hydrogens is 348 g/mol. The Hall–Kier alpha value is -2.33. The van der Waals surface area contributed by atoms with Crippen molar-refractivity contribution in [2.24, 2.45) is 5.92 Å². The molecule has 0 aliphatic rings. The molecule has 0 bridgehead atoms. The minimum absolute atomic E-state index is 0.0249. The van der Waals surface area contributed by atoms with Gasteiger partial charge >= 0.3 is 0 Å². The van der Waals surface area contributed by atoms with E-state index in [2.05, 4.69) is 5.32 Å². The van der Waals surface area contributed by atoms with Crippen LogP contribution in [0.4, 0.5) is 0 Å². The number of nitrogens with zero attached hydrogens (tertiary/aromatic N) is 1. The van der Waals surface area contributed by atoms with Crippen molar-refractivity contribution in [1.29, 1.82) is 0 Å². The number of hydrogen-bond donors (Lipinski definition) is 1. The van der Waals surface area contributed by atoms with Gasteiger partial charge in [0.25, 0.3) is 5.91 Å². The Kier molecular flexibility index (Phi) is 6.81. The molecule has 138 valence electrons. The molecule has 0 aromatic heterocycles. The Bertz CT molecular complexity index is 772. The quantitative estimate of drug-likeness (QED) is 0.831. The predicted octanol–water partition coefficient (Wildman–Crippen LogP) is 4.06. The third kappa shape index (κ3) is 5.09. The molecular formula is C21H25ClN2O2. The number of nitrogens with one attached hydrogen (secondary N) is 1. The third-order valence-corrected chi connectivity index (χ3v) is 4.57. The van der Waals surface area contributed by atoms with Crippen molar-refractivity contribution in [3.8, 4) is 0 Å². The minimum atomic E-state index is -0.584. The van der Waals surface area contributed by atoms with Crippen LogP contribution in [0.1, 0.15) is 35.3 Å². The largest absolute Gasteiger partial charge is 0.340 e. The number of halogens is 1. The molecule has 0 spiro atoms. The zero-order chi connectivity index (χ0) is 19.3. The fourth-order valence-electron chi connectivity index (χ4n) is 2.74. The van der Waals surface area contributed by atoms with Crippen molar-refractivity contribution in [3.63, 3.8) is 0 Å². The van der Waals surface area contributed by atoms with Crippen molar-refractivity contribution in [2.45, 2.75) is 33.4 Å². The van der Waals surface area contributed by atoms with Crippen molar-refractivity contribution in [3.05, 3.63) is 70.2 Å². The highest BCUT2D eigenvalue weighted by Crippen LogP contribution is 2.14. The van der Waals surface area contributed by atoms with Crippen LogP contribution in [0.25, 0.3) is 0 Å². The maximum atomic E-state index is 12.9. The smallest absolute Gasteiger partial charge is 0.252 e. The van der Waals surface area contributed by atoms with Gasteiger partial charge in [-0.3, -0.25) is 9.59 Å². The van der Waals surface area contributed by atoms with E-state index in [1.54, 1.807) is 30.1 Å². The molecule has 2 aromatic rings. The highest BCUT2D eigenvalue weighted by atomic mass is 35.5. The number of rotatable bonds is 6. The van der Waals surface area contributed by atoms with E-state index < -0.39 is 6.04 Å². The first-order valence-electron chi connectivity index (χ1n) is 8.65. The Morgan fingerprint density at radius 1 is 1.08 bits per heavy atom. The van der Waals surface area contributed by atoms with Crippen LogP contribution in [0, 0.1) is 12.8 Å². The van der Waals surface area contributed by atoms with Crippen LogP contribution in [0.2, 0.25) is 5.02 Å². The first-order valence-corrected chi connectivity index (χ1v) is 9.03. The second-order valence-corrected chi connectivity index (χ2v) is 7.27. The molecule has 0 aliphatic heterocycles. The van der Waals surface area contributed by atoms with E-state index in [-0.39, 0.29) is 17.7 Å². The van der Waals surface area contributed by atoms with Crippen molar-refractivity contribution in [2.75, 3.05) is 7.05 Å². The fraction of sp³-hybridized carbons (Fsp3) is 0.333. The minimum Gasteiger partial charge on any atom is -0.340 e. The highest BCUT2D eigenvalue weighted by molar-refractivity contribution is 6.30. The Labute approximate surface area is 160 Å². The summed E-state index contributed by atoms with van der Waals surface area (Å²) in [7, 11) is 1.74. The van der Waals surface area contributed by atoms with Crippen LogP contribution in [-0.2, 0) is 11.3 Å². The van der Waals surface area contributed by atoms with E-state index in [0.29, 0.717) is 17.1 Å². The molecule has 26 heavy (non-hydrogen) atoms. The molecule has 5 heteroatoms. The molecule has 2 rings (SSSR count). The number of likely N-dealkylation sites (N-methyl/N-ethyl adjacent to an activating group) is 1. The molecule has 2 aromatic carbocycles. The average molecular weight is 373 g/mol. The van der Waals surface area contributed by atoms with Gasteiger partial charge in [-0.25, -0.2) is 0 Å². The van der Waals surface area contributed by atoms with E-state index in [4.69, 9.17) is 11.6 Å². The lowest BCUT2D eigenvalue weighted by molar-refractivity contribution is -0.133. The Morgan fingerprint density at radius 2 is 1.69 bits per heavy atom. The number of carbonyl (C=O) groups is 2. The zero-order valence-corrected chi connectivity index (χ0v) is 16.4. The third-order valence-electron chi connectivity index (χ3n) is 4.32. The van der Waals surface area contributed by atoms with E-state index in [9.17, 15) is 9.59 Å². The summed E-state index contributed by atoms with van der Waals surface area (Å²) in [5.41, 5.74) is 2.46. The van der Waals surface area contributed by atoms with Gasteiger partial charge in [0.1, 0.15) is 6.04 Å². The maximum absolute atomic E-state index is 12.9. The SMILES string of the molecule is Cc1ccccc1C(=O)NC(C(=O)N(C)Cc1ccc(Cl)cc1)C(C)C. The molecule has 0 saturated carbocycles. The molecule has 0 saturated heterocycles. The lowest BCUT2D eigenvalue weighted by atomic mass is 10.0. The number of hydrogen-bond acceptors (Lipinski definition) is 2. The van der Waals surface area contributed by atoms with Crippen molar-refractivity contribution in [1.82, 2.24) is 10.2 Å². The first kappa shape index (κ1) is 20.0. The molecule has 2 amide bonds. The van der Waals surface area contributed by atoms with E-state index >= 15 is 0 Å². The van der Waals surface area contributed by atoms with Gasteiger partial charge in [-0.2, -0.15) is 0 Å². The monoisotopic (exact) mass is 372 g/mol. The van der Waals surface area contributed by atoms with E-state index in [1.807, 2.05) is 51.1 Å². The number of amides is 2. The lowest BCUT2D eigenvalue weighted by Crippen LogP contribution is -2.50. The normalized spacial score (nSPS) is 11.9. The summed E-state index contributed by atoms with van der Waals surface area (Å²) in [5.74, 6) is -0.366. The Balaban J connectivity index is 2.10. The van der Waals surface area contributed by atoms with Crippen LogP contribution in [0.3, 0.4) is 0 Å². The molecule has 0 heterocycles. The van der Waals surface area contributed by atoms with Crippen molar-refractivity contribution < 1.29 is 9.59 Å². The summed E-state index contributed by atoms with van der Waals surface area (Å²) in [4.78, 5) is 27.1. The lowest BCUT2D eigenvalue weighted by Gasteiger charge is -2.27. The van der Waals surface area contributed by atoms with Crippen LogP contribution < -0.4 is 5.32 Å². The van der Waals surface area contributed by atoms with Crippen molar-refractivity contribution >= 4 is 23.4 Å². The van der Waals surface area contributed by atoms with Crippen LogP contribution in [0.5, 0.6) is 0 Å². The van der Waals surface area contributed by atoms with Gasteiger partial charge in [-0.15, -0.1) is 0 Å². The summed E-state index contributed by atoms with van der Waals surface area (Å²) in [6, 6.07) is 14.2. The van der Waals surface area contributed by atoms with Gasteiger partial charge in [0.2, 0.25) is 5.91 Å². The second kappa shape index (κ2) is 8.86. The Morgan fingerprint density at radius 3 is 2.27 bits per heavy atom. The van der Waals surface area contributed by atoms with Gasteiger partial charge in [0, 0.05) is 24.2 Å². The fourth-order valence-corrected chi connectivity index (χ4v) is 2.87. The summed E-state index contributed by atoms with van der Waals surface area (Å²) in [6.45, 7) is 6.20. The average Bonchev–Trinajstić information content (AvgIpc) is 2.61. The molecule has 1 atom stereocenters.